The lowest BCUT2D eigenvalue weighted by Crippen LogP contribution is -2.29. The zero-order valence-corrected chi connectivity index (χ0v) is 19.7. The van der Waals surface area contributed by atoms with Gasteiger partial charge < -0.3 is 15.2 Å². The van der Waals surface area contributed by atoms with Crippen LogP contribution < -0.4 is 5.32 Å². The Hall–Kier alpha value is -3.93. The zero-order valence-electron chi connectivity index (χ0n) is 19.7. The quantitative estimate of drug-likeness (QED) is 0.359. The first-order valence-electron chi connectivity index (χ1n) is 12.1. The number of hydrogen-bond acceptors (Lipinski definition) is 2. The molecular formula is C29H28FN3O2. The summed E-state index contributed by atoms with van der Waals surface area (Å²) in [7, 11) is 0. The molecule has 0 spiro atoms. The number of aromatic nitrogens is 1. The lowest BCUT2D eigenvalue weighted by molar-refractivity contribution is -0.116. The minimum atomic E-state index is -0.289. The van der Waals surface area contributed by atoms with Gasteiger partial charge in [-0.15, -0.1) is 0 Å². The molecule has 5 rings (SSSR count). The van der Waals surface area contributed by atoms with E-state index in [1.807, 2.05) is 48.2 Å². The van der Waals surface area contributed by atoms with Gasteiger partial charge in [-0.2, -0.15) is 0 Å². The molecule has 0 radical (unpaired) electrons. The first-order valence-corrected chi connectivity index (χ1v) is 12.1. The molecule has 4 aromatic rings. The Balaban J connectivity index is 1.38. The fourth-order valence-corrected chi connectivity index (χ4v) is 4.87. The van der Waals surface area contributed by atoms with Crippen molar-refractivity contribution >= 4 is 28.4 Å². The van der Waals surface area contributed by atoms with Crippen molar-refractivity contribution in [3.05, 3.63) is 89.2 Å². The van der Waals surface area contributed by atoms with E-state index in [9.17, 15) is 14.0 Å². The molecule has 0 atom stereocenters. The highest BCUT2D eigenvalue weighted by Gasteiger charge is 2.23. The fourth-order valence-electron chi connectivity index (χ4n) is 4.87. The summed E-state index contributed by atoms with van der Waals surface area (Å²) in [6.07, 6.45) is 2.78. The number of halogens is 1. The number of fused-ring (bicyclic) bond motifs is 1. The van der Waals surface area contributed by atoms with Gasteiger partial charge >= 0.3 is 0 Å². The smallest absolute Gasteiger partial charge is 0.255 e. The third kappa shape index (κ3) is 4.69. The summed E-state index contributed by atoms with van der Waals surface area (Å²) in [5, 5.41) is 4.06. The van der Waals surface area contributed by atoms with E-state index in [-0.39, 0.29) is 24.1 Å². The van der Waals surface area contributed by atoms with Crippen molar-refractivity contribution in [1.29, 1.82) is 0 Å². The Morgan fingerprint density at radius 2 is 1.71 bits per heavy atom. The van der Waals surface area contributed by atoms with Crippen LogP contribution in [0.15, 0.2) is 66.7 Å². The largest absolute Gasteiger partial charge is 0.354 e. The number of benzene rings is 3. The van der Waals surface area contributed by atoms with Crippen LogP contribution in [-0.2, 0) is 11.2 Å². The number of amides is 2. The number of likely N-dealkylation sites (tertiary alicyclic amines) is 1. The molecule has 1 fully saturated rings. The van der Waals surface area contributed by atoms with Gasteiger partial charge in [0.1, 0.15) is 5.82 Å². The molecule has 0 unspecified atom stereocenters. The highest BCUT2D eigenvalue weighted by molar-refractivity contribution is 6.05. The van der Waals surface area contributed by atoms with Gasteiger partial charge in [-0.05, 0) is 79.3 Å². The molecular weight excluding hydrogens is 441 g/mol. The number of para-hydroxylation sites is 2. The summed E-state index contributed by atoms with van der Waals surface area (Å²) in [6.45, 7) is 3.42. The molecule has 1 aliphatic rings. The Morgan fingerprint density at radius 3 is 2.49 bits per heavy atom. The van der Waals surface area contributed by atoms with Crippen molar-refractivity contribution in [1.82, 2.24) is 9.88 Å². The lowest BCUT2D eigenvalue weighted by Gasteiger charge is -2.19. The summed E-state index contributed by atoms with van der Waals surface area (Å²) in [4.78, 5) is 31.4. The average molecular weight is 470 g/mol. The second-order valence-electron chi connectivity index (χ2n) is 9.08. The van der Waals surface area contributed by atoms with Gasteiger partial charge in [0.05, 0.1) is 11.3 Å². The predicted molar refractivity (Wildman–Crippen MR) is 137 cm³/mol. The van der Waals surface area contributed by atoms with Crippen molar-refractivity contribution in [2.45, 2.75) is 32.6 Å². The first kappa shape index (κ1) is 22.8. The maximum Gasteiger partial charge on any atom is 0.255 e. The maximum absolute atomic E-state index is 13.5. The SMILES string of the molecule is Cc1cccc(C(=O)N2CCCC2)c1NC(=O)CCc1c(-c2ccc(F)cc2)[nH]c2ccccc12. The van der Waals surface area contributed by atoms with Crippen LogP contribution in [0.25, 0.3) is 22.2 Å². The van der Waals surface area contributed by atoms with Gasteiger partial charge in [0, 0.05) is 36.1 Å². The van der Waals surface area contributed by atoms with Gasteiger partial charge in [-0.25, -0.2) is 4.39 Å². The normalized spacial score (nSPS) is 13.4. The molecule has 1 aliphatic heterocycles. The molecule has 1 saturated heterocycles. The van der Waals surface area contributed by atoms with Crippen molar-refractivity contribution in [3.8, 4) is 11.3 Å². The number of aromatic amines is 1. The van der Waals surface area contributed by atoms with Crippen LogP contribution in [0.5, 0.6) is 0 Å². The highest BCUT2D eigenvalue weighted by atomic mass is 19.1. The van der Waals surface area contributed by atoms with Crippen LogP contribution in [0.3, 0.4) is 0 Å². The molecule has 2 heterocycles. The van der Waals surface area contributed by atoms with Gasteiger partial charge in [0.2, 0.25) is 5.91 Å². The molecule has 178 valence electrons. The van der Waals surface area contributed by atoms with Crippen molar-refractivity contribution in [3.63, 3.8) is 0 Å². The van der Waals surface area contributed by atoms with E-state index in [0.29, 0.717) is 17.7 Å². The predicted octanol–water partition coefficient (Wildman–Crippen LogP) is 6.09. The first-order chi connectivity index (χ1) is 17.0. The molecule has 35 heavy (non-hydrogen) atoms. The van der Waals surface area contributed by atoms with Gasteiger partial charge in [-0.3, -0.25) is 9.59 Å². The van der Waals surface area contributed by atoms with Gasteiger partial charge in [0.25, 0.3) is 5.91 Å². The van der Waals surface area contributed by atoms with E-state index in [1.54, 1.807) is 18.2 Å². The van der Waals surface area contributed by atoms with E-state index in [2.05, 4.69) is 10.3 Å². The molecule has 5 nitrogen and oxygen atoms in total. The Kier molecular flexibility index (Phi) is 6.36. The summed E-state index contributed by atoms with van der Waals surface area (Å²) < 4.78 is 13.5. The number of hydrogen-bond donors (Lipinski definition) is 2. The van der Waals surface area contributed by atoms with Crippen molar-refractivity contribution < 1.29 is 14.0 Å². The summed E-state index contributed by atoms with van der Waals surface area (Å²) >= 11 is 0. The van der Waals surface area contributed by atoms with Crippen LogP contribution in [0.4, 0.5) is 10.1 Å². The second-order valence-corrected chi connectivity index (χ2v) is 9.08. The van der Waals surface area contributed by atoms with Gasteiger partial charge in [0.15, 0.2) is 0 Å². The van der Waals surface area contributed by atoms with Gasteiger partial charge in [-0.1, -0.05) is 30.3 Å². The Labute approximate surface area is 204 Å². The van der Waals surface area contributed by atoms with Crippen LogP contribution in [0.2, 0.25) is 0 Å². The average Bonchev–Trinajstić information content (AvgIpc) is 3.52. The molecule has 0 saturated carbocycles. The number of nitrogens with zero attached hydrogens (tertiary/aromatic N) is 1. The van der Waals surface area contributed by atoms with Crippen LogP contribution in [0.1, 0.15) is 40.7 Å². The van der Waals surface area contributed by atoms with E-state index in [4.69, 9.17) is 0 Å². The maximum atomic E-state index is 13.5. The van der Waals surface area contributed by atoms with Crippen molar-refractivity contribution in [2.75, 3.05) is 18.4 Å². The molecule has 1 aromatic heterocycles. The van der Waals surface area contributed by atoms with Crippen LogP contribution in [0, 0.1) is 12.7 Å². The fraction of sp³-hybridized carbons (Fsp3) is 0.241. The van der Waals surface area contributed by atoms with Crippen LogP contribution in [-0.4, -0.2) is 34.8 Å². The van der Waals surface area contributed by atoms with Crippen LogP contribution >= 0.6 is 0 Å². The number of nitrogens with one attached hydrogen (secondary N) is 2. The summed E-state index contributed by atoms with van der Waals surface area (Å²) in [6, 6.07) is 19.9. The molecule has 0 aliphatic carbocycles. The molecule has 2 N–H and O–H groups in total. The summed E-state index contributed by atoms with van der Waals surface area (Å²) in [5.41, 5.74) is 5.74. The number of carbonyl (C=O) groups excluding carboxylic acids is 2. The Bertz CT molecular complexity index is 1390. The molecule has 2 amide bonds. The van der Waals surface area contributed by atoms with E-state index < -0.39 is 0 Å². The number of H-pyrrole nitrogens is 1. The van der Waals surface area contributed by atoms with Crippen molar-refractivity contribution in [2.24, 2.45) is 0 Å². The molecule has 0 bridgehead atoms. The molecule has 6 heteroatoms. The summed E-state index contributed by atoms with van der Waals surface area (Å²) in [5.74, 6) is -0.467. The zero-order chi connectivity index (χ0) is 24.4. The number of carbonyl (C=O) groups is 2. The highest BCUT2D eigenvalue weighted by Crippen LogP contribution is 2.32. The minimum Gasteiger partial charge on any atom is -0.354 e. The van der Waals surface area contributed by atoms with E-state index >= 15 is 0 Å². The number of anilines is 1. The monoisotopic (exact) mass is 469 g/mol. The van der Waals surface area contributed by atoms with E-state index in [1.165, 1.54) is 12.1 Å². The topological polar surface area (TPSA) is 65.2 Å². The number of rotatable bonds is 6. The molecule has 3 aromatic carbocycles. The number of aryl methyl sites for hydroxylation is 2. The Morgan fingerprint density at radius 1 is 0.971 bits per heavy atom. The lowest BCUT2D eigenvalue weighted by atomic mass is 10.0. The third-order valence-corrected chi connectivity index (χ3v) is 6.71. The standard InChI is InChI=1S/C29H28FN3O2/c1-19-7-6-9-24(29(35)33-17-4-5-18-33)27(19)32-26(34)16-15-23-22-8-2-3-10-25(22)31-28(23)20-11-13-21(30)14-12-20/h2-3,6-14,31H,4-5,15-18H2,1H3,(H,32,34). The van der Waals surface area contributed by atoms with E-state index in [0.717, 1.165) is 59.2 Å². The third-order valence-electron chi connectivity index (χ3n) is 6.71. The second kappa shape index (κ2) is 9.74. The minimum absolute atomic E-state index is 0.0308.